The maximum Gasteiger partial charge on any atom is 0.264 e. The summed E-state index contributed by atoms with van der Waals surface area (Å²) in [6.07, 6.45) is 0. The van der Waals surface area contributed by atoms with Gasteiger partial charge in [-0.3, -0.25) is 13.9 Å². The molecule has 7 nitrogen and oxygen atoms in total. The number of nitrogens with zero attached hydrogens (tertiary/aromatic N) is 2. The molecule has 3 rings (SSSR count). The standard InChI is InChI=1S/C32H39Cl2N3O4S/c1-21(2)18-35-32(39)24(6)36(19-26-9-12-27(33)17-30(26)34)31(38)20-37(28-13-10-25(11-14-28)22(3)4)42(40,41)29-15-7-23(5)8-16-29/h7-17,21-22,24H,18-20H2,1-6H3,(H,35,39)/t24-/m1/s1. The number of carbonyl (C=O) groups excluding carboxylic acids is 2. The number of benzene rings is 3. The molecule has 3 aromatic carbocycles. The lowest BCUT2D eigenvalue weighted by Gasteiger charge is -2.32. The van der Waals surface area contributed by atoms with Gasteiger partial charge in [0.05, 0.1) is 10.6 Å². The average Bonchev–Trinajstić information content (AvgIpc) is 2.94. The number of hydrogen-bond acceptors (Lipinski definition) is 4. The SMILES string of the molecule is Cc1ccc(S(=O)(=O)N(CC(=O)N(Cc2ccc(Cl)cc2Cl)[C@H](C)C(=O)NCC(C)C)c2ccc(C(C)C)cc2)cc1. The molecule has 0 saturated heterocycles. The Morgan fingerprint density at radius 3 is 2.05 bits per heavy atom. The third-order valence-corrected chi connectivity index (χ3v) is 9.32. The number of aryl methyl sites for hydroxylation is 1. The van der Waals surface area contributed by atoms with E-state index in [2.05, 4.69) is 5.32 Å². The van der Waals surface area contributed by atoms with Crippen LogP contribution < -0.4 is 9.62 Å². The molecule has 3 aromatic rings. The maximum absolute atomic E-state index is 14.1. The van der Waals surface area contributed by atoms with Crippen LogP contribution in [0.5, 0.6) is 0 Å². The van der Waals surface area contributed by atoms with Crippen molar-refractivity contribution < 1.29 is 18.0 Å². The number of rotatable bonds is 12. The number of nitrogens with one attached hydrogen (secondary N) is 1. The maximum atomic E-state index is 14.1. The first kappa shape index (κ1) is 33.4. The number of anilines is 1. The van der Waals surface area contributed by atoms with Gasteiger partial charge in [-0.25, -0.2) is 8.42 Å². The van der Waals surface area contributed by atoms with Crippen molar-refractivity contribution in [2.24, 2.45) is 5.92 Å². The molecule has 2 amide bonds. The van der Waals surface area contributed by atoms with Crippen LogP contribution in [0.1, 0.15) is 57.2 Å². The molecule has 0 bridgehead atoms. The van der Waals surface area contributed by atoms with Gasteiger partial charge in [0.1, 0.15) is 12.6 Å². The highest BCUT2D eigenvalue weighted by molar-refractivity contribution is 7.92. The van der Waals surface area contributed by atoms with Crippen LogP contribution in [-0.4, -0.2) is 44.3 Å². The van der Waals surface area contributed by atoms with E-state index in [-0.39, 0.29) is 29.2 Å². The fourth-order valence-corrected chi connectivity index (χ4v) is 6.14. The first-order valence-corrected chi connectivity index (χ1v) is 16.1. The normalized spacial score (nSPS) is 12.3. The lowest BCUT2D eigenvalue weighted by atomic mass is 10.0. The number of amides is 2. The molecule has 0 heterocycles. The van der Waals surface area contributed by atoms with Crippen molar-refractivity contribution in [3.63, 3.8) is 0 Å². The van der Waals surface area contributed by atoms with Crippen LogP contribution in [0.2, 0.25) is 10.0 Å². The summed E-state index contributed by atoms with van der Waals surface area (Å²) in [5.74, 6) is -0.458. The van der Waals surface area contributed by atoms with Crippen LogP contribution in [0.3, 0.4) is 0 Å². The van der Waals surface area contributed by atoms with E-state index >= 15 is 0 Å². The van der Waals surface area contributed by atoms with Gasteiger partial charge in [-0.2, -0.15) is 0 Å². The largest absolute Gasteiger partial charge is 0.354 e. The second-order valence-corrected chi connectivity index (χ2v) is 13.8. The minimum absolute atomic E-state index is 0.0180. The fourth-order valence-electron chi connectivity index (χ4n) is 4.26. The van der Waals surface area contributed by atoms with E-state index in [0.29, 0.717) is 27.8 Å². The number of halogens is 2. The summed E-state index contributed by atoms with van der Waals surface area (Å²) in [5, 5.41) is 3.64. The first-order chi connectivity index (χ1) is 19.7. The Morgan fingerprint density at radius 2 is 1.50 bits per heavy atom. The molecule has 0 aliphatic rings. The van der Waals surface area contributed by atoms with Gasteiger partial charge in [0.25, 0.3) is 10.0 Å². The van der Waals surface area contributed by atoms with Crippen molar-refractivity contribution in [3.8, 4) is 0 Å². The zero-order chi connectivity index (χ0) is 31.2. The zero-order valence-corrected chi connectivity index (χ0v) is 27.2. The van der Waals surface area contributed by atoms with Crippen LogP contribution >= 0.6 is 23.2 Å². The van der Waals surface area contributed by atoms with E-state index in [0.717, 1.165) is 15.4 Å². The second kappa shape index (κ2) is 14.4. The Kier molecular flexibility index (Phi) is 11.5. The van der Waals surface area contributed by atoms with Gasteiger partial charge in [-0.15, -0.1) is 0 Å². The molecular formula is C32H39Cl2N3O4S. The fraction of sp³-hybridized carbons (Fsp3) is 0.375. The van der Waals surface area contributed by atoms with E-state index in [1.165, 1.54) is 17.0 Å². The van der Waals surface area contributed by atoms with Gasteiger partial charge in [-0.1, -0.05) is 86.8 Å². The van der Waals surface area contributed by atoms with E-state index in [1.54, 1.807) is 49.4 Å². The summed E-state index contributed by atoms with van der Waals surface area (Å²) in [7, 11) is -4.14. The predicted molar refractivity (Wildman–Crippen MR) is 171 cm³/mol. The van der Waals surface area contributed by atoms with Gasteiger partial charge in [0.15, 0.2) is 0 Å². The third kappa shape index (κ3) is 8.49. The highest BCUT2D eigenvalue weighted by Crippen LogP contribution is 2.28. The summed E-state index contributed by atoms with van der Waals surface area (Å²) in [4.78, 5) is 28.6. The summed E-state index contributed by atoms with van der Waals surface area (Å²) < 4.78 is 29.1. The Labute approximate surface area is 259 Å². The second-order valence-electron chi connectivity index (χ2n) is 11.1. The summed E-state index contributed by atoms with van der Waals surface area (Å²) in [6, 6.07) is 17.6. The number of hydrogen-bond donors (Lipinski definition) is 1. The van der Waals surface area contributed by atoms with Crippen LogP contribution in [0.4, 0.5) is 5.69 Å². The van der Waals surface area contributed by atoms with Crippen molar-refractivity contribution in [1.29, 1.82) is 0 Å². The Bertz CT molecular complexity index is 1490. The van der Waals surface area contributed by atoms with E-state index in [4.69, 9.17) is 23.2 Å². The summed E-state index contributed by atoms with van der Waals surface area (Å²) >= 11 is 12.5. The Morgan fingerprint density at radius 1 is 0.881 bits per heavy atom. The summed E-state index contributed by atoms with van der Waals surface area (Å²) in [5.41, 5.74) is 2.86. The molecular weight excluding hydrogens is 593 g/mol. The third-order valence-electron chi connectivity index (χ3n) is 6.94. The lowest BCUT2D eigenvalue weighted by Crippen LogP contribution is -2.51. The van der Waals surface area contributed by atoms with E-state index in [9.17, 15) is 18.0 Å². The molecule has 0 aliphatic carbocycles. The molecule has 1 N–H and O–H groups in total. The molecule has 42 heavy (non-hydrogen) atoms. The van der Waals surface area contributed by atoms with Gasteiger partial charge >= 0.3 is 0 Å². The average molecular weight is 633 g/mol. The first-order valence-electron chi connectivity index (χ1n) is 13.9. The highest BCUT2D eigenvalue weighted by atomic mass is 35.5. The van der Waals surface area contributed by atoms with E-state index < -0.39 is 28.5 Å². The van der Waals surface area contributed by atoms with Gasteiger partial charge < -0.3 is 10.2 Å². The van der Waals surface area contributed by atoms with Crippen LogP contribution in [0.25, 0.3) is 0 Å². The molecule has 0 radical (unpaired) electrons. The molecule has 0 aliphatic heterocycles. The molecule has 1 atom stereocenters. The van der Waals surface area contributed by atoms with Crippen LogP contribution in [0, 0.1) is 12.8 Å². The summed E-state index contributed by atoms with van der Waals surface area (Å²) in [6.45, 7) is 11.4. The van der Waals surface area contributed by atoms with E-state index in [1.807, 2.05) is 46.8 Å². The zero-order valence-electron chi connectivity index (χ0n) is 24.9. The minimum Gasteiger partial charge on any atom is -0.354 e. The van der Waals surface area contributed by atoms with Crippen molar-refractivity contribution in [2.75, 3.05) is 17.4 Å². The lowest BCUT2D eigenvalue weighted by molar-refractivity contribution is -0.139. The molecule has 10 heteroatoms. The van der Waals surface area contributed by atoms with Gasteiger partial charge in [-0.05, 0) is 73.2 Å². The molecule has 0 saturated carbocycles. The van der Waals surface area contributed by atoms with Crippen molar-refractivity contribution >= 4 is 50.7 Å². The topological polar surface area (TPSA) is 86.8 Å². The molecule has 0 fully saturated rings. The molecule has 0 spiro atoms. The van der Waals surface area contributed by atoms with Gasteiger partial charge in [0, 0.05) is 23.1 Å². The highest BCUT2D eigenvalue weighted by Gasteiger charge is 2.33. The monoisotopic (exact) mass is 631 g/mol. The minimum atomic E-state index is -4.14. The molecule has 226 valence electrons. The van der Waals surface area contributed by atoms with Crippen molar-refractivity contribution in [2.45, 2.75) is 64.9 Å². The Hall–Kier alpha value is -3.07. The van der Waals surface area contributed by atoms with Crippen molar-refractivity contribution in [1.82, 2.24) is 10.2 Å². The van der Waals surface area contributed by atoms with Crippen LogP contribution in [-0.2, 0) is 26.2 Å². The number of sulfonamides is 1. The Balaban J connectivity index is 2.05. The number of carbonyl (C=O) groups is 2. The molecule has 0 aromatic heterocycles. The quantitative estimate of drug-likeness (QED) is 0.238. The molecule has 0 unspecified atom stereocenters. The van der Waals surface area contributed by atoms with Crippen molar-refractivity contribution in [3.05, 3.63) is 93.5 Å². The predicted octanol–water partition coefficient (Wildman–Crippen LogP) is 6.81. The van der Waals surface area contributed by atoms with Gasteiger partial charge in [0.2, 0.25) is 11.8 Å². The van der Waals surface area contributed by atoms with Crippen LogP contribution in [0.15, 0.2) is 71.6 Å². The smallest absolute Gasteiger partial charge is 0.264 e.